The van der Waals surface area contributed by atoms with Crippen LogP contribution in [-0.2, 0) is 0 Å². The van der Waals surface area contributed by atoms with Crippen LogP contribution in [0.25, 0.3) is 0 Å². The molecule has 3 heteroatoms. The molecule has 15 heavy (non-hydrogen) atoms. The summed E-state index contributed by atoms with van der Waals surface area (Å²) in [4.78, 5) is 13.8. The van der Waals surface area contributed by atoms with Crippen molar-refractivity contribution in [2.24, 2.45) is 0 Å². The first kappa shape index (κ1) is 12.3. The third kappa shape index (κ3) is 4.49. The van der Waals surface area contributed by atoms with Crippen LogP contribution in [0.1, 0.15) is 15.9 Å². The molecule has 1 aromatic carbocycles. The molecule has 2 nitrogen and oxygen atoms in total. The largest absolute Gasteiger partial charge is 0.309 e. The van der Waals surface area contributed by atoms with Crippen molar-refractivity contribution in [3.8, 4) is 0 Å². The Morgan fingerprint density at radius 1 is 1.40 bits per heavy atom. The van der Waals surface area contributed by atoms with Crippen molar-refractivity contribution in [1.82, 2.24) is 4.90 Å². The van der Waals surface area contributed by atoms with Crippen LogP contribution in [0.5, 0.6) is 0 Å². The molecule has 0 atom stereocenters. The molecule has 1 rings (SSSR count). The van der Waals surface area contributed by atoms with Gasteiger partial charge in [0.1, 0.15) is 0 Å². The van der Waals surface area contributed by atoms with E-state index in [1.165, 1.54) is 11.8 Å². The lowest BCUT2D eigenvalue weighted by atomic mass is 10.2. The quantitative estimate of drug-likeness (QED) is 0.782. The van der Waals surface area contributed by atoms with E-state index in [4.69, 9.17) is 0 Å². The Morgan fingerprint density at radius 3 is 2.73 bits per heavy atom. The summed E-state index contributed by atoms with van der Waals surface area (Å²) in [6.07, 6.45) is 0. The van der Waals surface area contributed by atoms with Crippen molar-refractivity contribution >= 4 is 16.9 Å². The molecule has 0 aromatic heterocycles. The summed E-state index contributed by atoms with van der Waals surface area (Å²) >= 11 is 1.39. The van der Waals surface area contributed by atoms with E-state index in [1.807, 2.05) is 45.3 Å². The van der Waals surface area contributed by atoms with Gasteiger partial charge in [0.25, 0.3) is 0 Å². The van der Waals surface area contributed by atoms with Gasteiger partial charge in [0.2, 0.25) is 5.12 Å². The SMILES string of the molecule is Cc1cccc(C(=O)SCCN(C)C)c1. The molecule has 0 unspecified atom stereocenters. The van der Waals surface area contributed by atoms with Gasteiger partial charge in [-0.15, -0.1) is 0 Å². The third-order valence-electron chi connectivity index (χ3n) is 2.03. The molecule has 0 fully saturated rings. The Hall–Kier alpha value is -0.800. The third-order valence-corrected chi connectivity index (χ3v) is 2.91. The number of hydrogen-bond donors (Lipinski definition) is 0. The predicted octanol–water partition coefficient (Wildman–Crippen LogP) is 2.43. The van der Waals surface area contributed by atoms with Gasteiger partial charge in [0, 0.05) is 17.9 Å². The van der Waals surface area contributed by atoms with Crippen LogP contribution >= 0.6 is 11.8 Å². The fourth-order valence-electron chi connectivity index (χ4n) is 1.18. The molecular formula is C12H17NOS. The highest BCUT2D eigenvalue weighted by molar-refractivity contribution is 8.14. The van der Waals surface area contributed by atoms with Crippen LogP contribution < -0.4 is 0 Å². The van der Waals surface area contributed by atoms with Crippen LogP contribution in [0.3, 0.4) is 0 Å². The van der Waals surface area contributed by atoms with Gasteiger partial charge in [-0.25, -0.2) is 0 Å². The van der Waals surface area contributed by atoms with E-state index in [-0.39, 0.29) is 5.12 Å². The molecular weight excluding hydrogens is 206 g/mol. The van der Waals surface area contributed by atoms with E-state index < -0.39 is 0 Å². The minimum absolute atomic E-state index is 0.167. The van der Waals surface area contributed by atoms with Crippen LogP contribution in [0.2, 0.25) is 0 Å². The minimum Gasteiger partial charge on any atom is -0.309 e. The van der Waals surface area contributed by atoms with Gasteiger partial charge in [-0.05, 0) is 27.1 Å². The summed E-state index contributed by atoms with van der Waals surface area (Å²) in [5.41, 5.74) is 1.94. The highest BCUT2D eigenvalue weighted by atomic mass is 32.2. The molecule has 0 heterocycles. The highest BCUT2D eigenvalue weighted by Crippen LogP contribution is 2.13. The van der Waals surface area contributed by atoms with Gasteiger partial charge in [-0.1, -0.05) is 35.5 Å². The molecule has 82 valence electrons. The van der Waals surface area contributed by atoms with Crippen LogP contribution in [-0.4, -0.2) is 36.4 Å². The average molecular weight is 223 g/mol. The van der Waals surface area contributed by atoms with E-state index in [9.17, 15) is 4.79 Å². The first-order valence-electron chi connectivity index (χ1n) is 4.98. The average Bonchev–Trinajstić information content (AvgIpc) is 2.17. The molecule has 0 saturated carbocycles. The minimum atomic E-state index is 0.167. The Labute approximate surface area is 95.7 Å². The van der Waals surface area contributed by atoms with E-state index in [0.29, 0.717) is 0 Å². The lowest BCUT2D eigenvalue weighted by Gasteiger charge is -2.08. The normalized spacial score (nSPS) is 10.7. The van der Waals surface area contributed by atoms with Crippen LogP contribution in [0, 0.1) is 6.92 Å². The number of carbonyl (C=O) groups excluding carboxylic acids is 1. The van der Waals surface area contributed by atoms with Crippen LogP contribution in [0.4, 0.5) is 0 Å². The van der Waals surface area contributed by atoms with Crippen molar-refractivity contribution in [2.45, 2.75) is 6.92 Å². The molecule has 0 N–H and O–H groups in total. The zero-order chi connectivity index (χ0) is 11.3. The highest BCUT2D eigenvalue weighted by Gasteiger charge is 2.06. The van der Waals surface area contributed by atoms with Crippen molar-refractivity contribution in [3.05, 3.63) is 35.4 Å². The summed E-state index contributed by atoms with van der Waals surface area (Å²) in [6.45, 7) is 2.93. The number of thioether (sulfide) groups is 1. The number of hydrogen-bond acceptors (Lipinski definition) is 3. The van der Waals surface area contributed by atoms with Crippen molar-refractivity contribution in [1.29, 1.82) is 0 Å². The topological polar surface area (TPSA) is 20.3 Å². The van der Waals surface area contributed by atoms with Gasteiger partial charge >= 0.3 is 0 Å². The van der Waals surface area contributed by atoms with E-state index >= 15 is 0 Å². The number of carbonyl (C=O) groups is 1. The van der Waals surface area contributed by atoms with Crippen molar-refractivity contribution in [3.63, 3.8) is 0 Å². The van der Waals surface area contributed by atoms with E-state index in [2.05, 4.69) is 4.90 Å². The first-order chi connectivity index (χ1) is 7.09. The van der Waals surface area contributed by atoms with Crippen LogP contribution in [0.15, 0.2) is 24.3 Å². The van der Waals surface area contributed by atoms with Crippen molar-refractivity contribution < 1.29 is 4.79 Å². The molecule has 0 aliphatic rings. The molecule has 0 spiro atoms. The van der Waals surface area contributed by atoms with Gasteiger partial charge in [-0.2, -0.15) is 0 Å². The molecule has 0 bridgehead atoms. The Balaban J connectivity index is 2.47. The zero-order valence-electron chi connectivity index (χ0n) is 9.49. The van der Waals surface area contributed by atoms with Gasteiger partial charge in [-0.3, -0.25) is 4.79 Å². The maximum atomic E-state index is 11.7. The number of nitrogens with zero attached hydrogens (tertiary/aromatic N) is 1. The molecule has 0 saturated heterocycles. The number of rotatable bonds is 4. The summed E-state index contributed by atoms with van der Waals surface area (Å²) in [6, 6.07) is 7.74. The van der Waals surface area contributed by atoms with Crippen molar-refractivity contribution in [2.75, 3.05) is 26.4 Å². The summed E-state index contributed by atoms with van der Waals surface area (Å²) in [5, 5.41) is 0.167. The Bertz CT molecular complexity index is 336. The zero-order valence-corrected chi connectivity index (χ0v) is 10.3. The molecule has 0 aliphatic heterocycles. The monoisotopic (exact) mass is 223 g/mol. The first-order valence-corrected chi connectivity index (χ1v) is 5.96. The maximum absolute atomic E-state index is 11.7. The fourth-order valence-corrected chi connectivity index (χ4v) is 2.11. The lowest BCUT2D eigenvalue weighted by molar-refractivity contribution is 0.108. The van der Waals surface area contributed by atoms with E-state index in [0.717, 1.165) is 23.4 Å². The summed E-state index contributed by atoms with van der Waals surface area (Å²) < 4.78 is 0. The smallest absolute Gasteiger partial charge is 0.219 e. The summed E-state index contributed by atoms with van der Waals surface area (Å²) in [5.74, 6) is 0.847. The van der Waals surface area contributed by atoms with E-state index in [1.54, 1.807) is 0 Å². The Kier molecular flexibility index (Phi) is 4.85. The second-order valence-electron chi connectivity index (χ2n) is 3.81. The lowest BCUT2D eigenvalue weighted by Crippen LogP contribution is -2.15. The Morgan fingerprint density at radius 2 is 2.13 bits per heavy atom. The standard InChI is InChI=1S/C12H17NOS/c1-10-5-4-6-11(9-10)12(14)15-8-7-13(2)3/h4-6,9H,7-8H2,1-3H3. The second kappa shape index (κ2) is 5.93. The summed E-state index contributed by atoms with van der Waals surface area (Å²) in [7, 11) is 4.02. The maximum Gasteiger partial charge on any atom is 0.219 e. The number of aryl methyl sites for hydroxylation is 1. The number of benzene rings is 1. The van der Waals surface area contributed by atoms with Gasteiger partial charge < -0.3 is 4.90 Å². The second-order valence-corrected chi connectivity index (χ2v) is 4.88. The molecule has 0 amide bonds. The molecule has 1 aromatic rings. The molecule has 0 aliphatic carbocycles. The van der Waals surface area contributed by atoms with Gasteiger partial charge in [0.05, 0.1) is 0 Å². The predicted molar refractivity (Wildman–Crippen MR) is 66.5 cm³/mol. The molecule has 0 radical (unpaired) electrons. The van der Waals surface area contributed by atoms with Gasteiger partial charge in [0.15, 0.2) is 0 Å². The fraction of sp³-hybridized carbons (Fsp3) is 0.417.